The van der Waals surface area contributed by atoms with Crippen LogP contribution >= 0.6 is 0 Å². The zero-order chi connectivity index (χ0) is 15.2. The van der Waals surface area contributed by atoms with Crippen molar-refractivity contribution in [2.75, 3.05) is 0 Å². The van der Waals surface area contributed by atoms with Gasteiger partial charge in [0.05, 0.1) is 5.69 Å². The Kier molecular flexibility index (Phi) is 4.65. The van der Waals surface area contributed by atoms with Crippen LogP contribution in [-0.2, 0) is 0 Å². The predicted molar refractivity (Wildman–Crippen MR) is 95.6 cm³/mol. The largest absolute Gasteiger partial charge is 0.257 e. The molecular weight excluding hydrogens is 266 g/mol. The van der Waals surface area contributed by atoms with Crippen LogP contribution in [0.15, 0.2) is 66.9 Å². The zero-order valence-corrected chi connectivity index (χ0v) is 13.0. The molecule has 0 aliphatic heterocycles. The van der Waals surface area contributed by atoms with E-state index in [1.807, 2.05) is 18.3 Å². The molecule has 1 aromatic heterocycles. The van der Waals surface area contributed by atoms with Crippen molar-refractivity contribution >= 4 is 22.4 Å². The number of nitrogens with zero attached hydrogens (tertiary/aromatic N) is 1. The monoisotopic (exact) mass is 287 g/mol. The smallest absolute Gasteiger partial charge is 0.0632 e. The standard InChI is InChI=1S/C21H21N/c1-2-3-9-18(16-19-12-6-7-15-22-19)21-14-8-11-17-10-4-5-13-20(17)21/h4-8,10-16H,2-3,9H2,1H3/b18-16+. The molecule has 0 aliphatic rings. The first-order valence-electron chi connectivity index (χ1n) is 7.98. The van der Waals surface area contributed by atoms with E-state index in [-0.39, 0.29) is 0 Å². The van der Waals surface area contributed by atoms with E-state index in [0.29, 0.717) is 0 Å². The third-order valence-corrected chi connectivity index (χ3v) is 3.95. The molecule has 0 fully saturated rings. The Morgan fingerprint density at radius 3 is 2.59 bits per heavy atom. The summed E-state index contributed by atoms with van der Waals surface area (Å²) >= 11 is 0. The summed E-state index contributed by atoms with van der Waals surface area (Å²) in [6.45, 7) is 2.24. The summed E-state index contributed by atoms with van der Waals surface area (Å²) in [5, 5.41) is 2.62. The number of fused-ring (bicyclic) bond motifs is 1. The fourth-order valence-electron chi connectivity index (χ4n) is 2.80. The van der Waals surface area contributed by atoms with Crippen LogP contribution in [-0.4, -0.2) is 4.98 Å². The van der Waals surface area contributed by atoms with Gasteiger partial charge < -0.3 is 0 Å². The Hall–Kier alpha value is -2.41. The Balaban J connectivity index is 2.10. The maximum Gasteiger partial charge on any atom is 0.0632 e. The Morgan fingerprint density at radius 2 is 1.77 bits per heavy atom. The number of allylic oxidation sites excluding steroid dienone is 1. The zero-order valence-electron chi connectivity index (χ0n) is 13.0. The first-order valence-corrected chi connectivity index (χ1v) is 7.98. The van der Waals surface area contributed by atoms with Crippen molar-refractivity contribution in [3.05, 3.63) is 78.1 Å². The minimum atomic E-state index is 1.03. The highest BCUT2D eigenvalue weighted by atomic mass is 14.6. The molecule has 0 N–H and O–H groups in total. The highest BCUT2D eigenvalue weighted by Gasteiger charge is 2.06. The lowest BCUT2D eigenvalue weighted by Gasteiger charge is -2.11. The molecule has 110 valence electrons. The lowest BCUT2D eigenvalue weighted by atomic mass is 9.94. The van der Waals surface area contributed by atoms with Crippen LogP contribution in [0.5, 0.6) is 0 Å². The summed E-state index contributed by atoms with van der Waals surface area (Å²) in [5.41, 5.74) is 3.73. The molecule has 1 nitrogen and oxygen atoms in total. The topological polar surface area (TPSA) is 12.9 Å². The molecule has 0 radical (unpaired) electrons. The summed E-state index contributed by atoms with van der Waals surface area (Å²) < 4.78 is 0. The van der Waals surface area contributed by atoms with Crippen LogP contribution < -0.4 is 0 Å². The Bertz CT molecular complexity index is 767. The quantitative estimate of drug-likeness (QED) is 0.563. The first kappa shape index (κ1) is 14.5. The molecule has 0 bridgehead atoms. The van der Waals surface area contributed by atoms with Gasteiger partial charge in [0, 0.05) is 6.20 Å². The molecule has 2 aromatic carbocycles. The highest BCUT2D eigenvalue weighted by Crippen LogP contribution is 2.29. The average Bonchev–Trinajstić information content (AvgIpc) is 2.59. The van der Waals surface area contributed by atoms with Crippen molar-refractivity contribution in [1.29, 1.82) is 0 Å². The van der Waals surface area contributed by atoms with E-state index in [9.17, 15) is 0 Å². The fraction of sp³-hybridized carbons (Fsp3) is 0.190. The normalized spacial score (nSPS) is 11.8. The van der Waals surface area contributed by atoms with Gasteiger partial charge in [0.25, 0.3) is 0 Å². The second kappa shape index (κ2) is 7.04. The van der Waals surface area contributed by atoms with Gasteiger partial charge in [0.2, 0.25) is 0 Å². The SMILES string of the molecule is CCCC/C(=C\c1ccccn1)c1cccc2ccccc12. The minimum absolute atomic E-state index is 1.03. The van der Waals surface area contributed by atoms with Gasteiger partial charge in [-0.2, -0.15) is 0 Å². The number of rotatable bonds is 5. The van der Waals surface area contributed by atoms with E-state index >= 15 is 0 Å². The molecule has 1 heterocycles. The molecule has 0 unspecified atom stereocenters. The maximum absolute atomic E-state index is 4.46. The molecule has 22 heavy (non-hydrogen) atoms. The summed E-state index contributed by atoms with van der Waals surface area (Å²) in [6, 6.07) is 21.2. The molecule has 0 saturated heterocycles. The van der Waals surface area contributed by atoms with Crippen LogP contribution in [0.1, 0.15) is 37.4 Å². The number of hydrogen-bond acceptors (Lipinski definition) is 1. The van der Waals surface area contributed by atoms with Crippen molar-refractivity contribution in [3.63, 3.8) is 0 Å². The third-order valence-electron chi connectivity index (χ3n) is 3.95. The average molecular weight is 287 g/mol. The highest BCUT2D eigenvalue weighted by molar-refractivity contribution is 5.97. The number of aromatic nitrogens is 1. The summed E-state index contributed by atoms with van der Waals surface area (Å²) in [5.74, 6) is 0. The van der Waals surface area contributed by atoms with Crippen LogP contribution in [0.4, 0.5) is 0 Å². The number of pyridine rings is 1. The molecule has 0 aliphatic carbocycles. The van der Waals surface area contributed by atoms with Crippen LogP contribution in [0, 0.1) is 0 Å². The van der Waals surface area contributed by atoms with Crippen LogP contribution in [0.25, 0.3) is 22.4 Å². The van der Waals surface area contributed by atoms with Crippen molar-refractivity contribution in [3.8, 4) is 0 Å². The van der Waals surface area contributed by atoms with Gasteiger partial charge in [-0.05, 0) is 53.0 Å². The van der Waals surface area contributed by atoms with Crippen molar-refractivity contribution in [2.24, 2.45) is 0 Å². The van der Waals surface area contributed by atoms with E-state index in [1.54, 1.807) is 0 Å². The van der Waals surface area contributed by atoms with Crippen molar-refractivity contribution in [2.45, 2.75) is 26.2 Å². The van der Waals surface area contributed by atoms with E-state index in [2.05, 4.69) is 66.5 Å². The second-order valence-corrected chi connectivity index (χ2v) is 5.55. The third kappa shape index (κ3) is 3.25. The van der Waals surface area contributed by atoms with Crippen LogP contribution in [0.3, 0.4) is 0 Å². The van der Waals surface area contributed by atoms with Crippen LogP contribution in [0.2, 0.25) is 0 Å². The molecular formula is C21H21N. The van der Waals surface area contributed by atoms with Gasteiger partial charge in [-0.25, -0.2) is 0 Å². The minimum Gasteiger partial charge on any atom is -0.257 e. The molecule has 0 saturated carbocycles. The molecule has 0 amide bonds. The van der Waals surface area contributed by atoms with Crippen molar-refractivity contribution in [1.82, 2.24) is 4.98 Å². The summed E-state index contributed by atoms with van der Waals surface area (Å²) in [7, 11) is 0. The van der Waals surface area contributed by atoms with E-state index in [1.165, 1.54) is 34.8 Å². The number of hydrogen-bond donors (Lipinski definition) is 0. The second-order valence-electron chi connectivity index (χ2n) is 5.55. The molecule has 3 rings (SSSR count). The van der Waals surface area contributed by atoms with E-state index in [0.717, 1.165) is 12.1 Å². The molecule has 1 heteroatoms. The molecule has 0 atom stereocenters. The summed E-state index contributed by atoms with van der Waals surface area (Å²) in [4.78, 5) is 4.46. The van der Waals surface area contributed by atoms with Gasteiger partial charge in [-0.3, -0.25) is 4.98 Å². The van der Waals surface area contributed by atoms with Gasteiger partial charge in [0.1, 0.15) is 0 Å². The van der Waals surface area contributed by atoms with E-state index < -0.39 is 0 Å². The predicted octanol–water partition coefficient (Wildman–Crippen LogP) is 5.97. The first-order chi connectivity index (χ1) is 10.9. The maximum atomic E-state index is 4.46. The molecule has 0 spiro atoms. The van der Waals surface area contributed by atoms with Crippen molar-refractivity contribution < 1.29 is 0 Å². The summed E-state index contributed by atoms with van der Waals surface area (Å²) in [6.07, 6.45) is 7.57. The van der Waals surface area contributed by atoms with Gasteiger partial charge >= 0.3 is 0 Å². The van der Waals surface area contributed by atoms with E-state index in [4.69, 9.17) is 0 Å². The Labute approximate surface area is 132 Å². The fourth-order valence-corrected chi connectivity index (χ4v) is 2.80. The van der Waals surface area contributed by atoms with Gasteiger partial charge in [0.15, 0.2) is 0 Å². The Morgan fingerprint density at radius 1 is 0.955 bits per heavy atom. The lowest BCUT2D eigenvalue weighted by Crippen LogP contribution is -1.89. The lowest BCUT2D eigenvalue weighted by molar-refractivity contribution is 0.826. The molecule has 3 aromatic rings. The van der Waals surface area contributed by atoms with Gasteiger partial charge in [-0.1, -0.05) is 61.9 Å². The number of unbranched alkanes of at least 4 members (excludes halogenated alkanes) is 1. The number of benzene rings is 2. The van der Waals surface area contributed by atoms with Gasteiger partial charge in [-0.15, -0.1) is 0 Å².